The summed E-state index contributed by atoms with van der Waals surface area (Å²) in [6.45, 7) is 2.20. The number of alkyl halides is 1. The molecule has 0 rings (SSSR count). The molecule has 0 aromatic carbocycles. The second kappa shape index (κ2) is 8.13. The number of nitrogens with one attached hydrogen (secondary N) is 1. The molecule has 0 spiro atoms. The Morgan fingerprint density at radius 3 is 2.69 bits per heavy atom. The lowest BCUT2D eigenvalue weighted by atomic mass is 10.6. The number of hydrogen-bond acceptors (Lipinski definition) is 3. The SMILES string of the molecule is CCCSP(=O)(NCCCl)OCC. The number of hydrogen-bond donors (Lipinski definition) is 1. The first kappa shape index (κ1) is 13.8. The largest absolute Gasteiger partial charge is 0.326 e. The summed E-state index contributed by atoms with van der Waals surface area (Å²) < 4.78 is 17.1. The van der Waals surface area contributed by atoms with Gasteiger partial charge >= 0.3 is 6.72 Å². The highest BCUT2D eigenvalue weighted by Gasteiger charge is 2.21. The minimum absolute atomic E-state index is 0.448. The first-order valence-corrected chi connectivity index (χ1v) is 8.13. The molecule has 0 saturated carbocycles. The average molecular weight is 246 g/mol. The topological polar surface area (TPSA) is 38.3 Å². The van der Waals surface area contributed by atoms with Crippen molar-refractivity contribution in [2.75, 3.05) is 24.8 Å². The van der Waals surface area contributed by atoms with E-state index in [4.69, 9.17) is 16.1 Å². The van der Waals surface area contributed by atoms with Gasteiger partial charge in [0.05, 0.1) is 6.61 Å². The summed E-state index contributed by atoms with van der Waals surface area (Å²) >= 11 is 6.85. The van der Waals surface area contributed by atoms with Gasteiger partial charge in [0.1, 0.15) is 0 Å². The third-order valence-corrected chi connectivity index (χ3v) is 5.76. The van der Waals surface area contributed by atoms with Crippen LogP contribution in [-0.2, 0) is 9.09 Å². The minimum Gasteiger partial charge on any atom is -0.310 e. The molecule has 1 N–H and O–H groups in total. The van der Waals surface area contributed by atoms with Crippen LogP contribution >= 0.6 is 29.7 Å². The molecular formula is C7H17ClNO2PS. The molecule has 80 valence electrons. The molecule has 0 bridgehead atoms. The van der Waals surface area contributed by atoms with Gasteiger partial charge in [-0.25, -0.2) is 5.09 Å². The maximum Gasteiger partial charge on any atom is 0.326 e. The third kappa shape index (κ3) is 6.81. The van der Waals surface area contributed by atoms with Crippen LogP contribution in [0.4, 0.5) is 0 Å². The molecule has 0 aliphatic heterocycles. The molecule has 0 aliphatic carbocycles. The molecule has 0 aliphatic rings. The zero-order valence-corrected chi connectivity index (χ0v) is 10.6. The van der Waals surface area contributed by atoms with E-state index in [-0.39, 0.29) is 0 Å². The van der Waals surface area contributed by atoms with Crippen LogP contribution in [0, 0.1) is 0 Å². The Balaban J connectivity index is 3.92. The zero-order valence-electron chi connectivity index (χ0n) is 8.09. The van der Waals surface area contributed by atoms with Gasteiger partial charge in [-0.1, -0.05) is 18.3 Å². The van der Waals surface area contributed by atoms with E-state index >= 15 is 0 Å². The van der Waals surface area contributed by atoms with Crippen LogP contribution in [0.2, 0.25) is 0 Å². The van der Waals surface area contributed by atoms with Crippen molar-refractivity contribution in [1.29, 1.82) is 0 Å². The van der Waals surface area contributed by atoms with Crippen molar-refractivity contribution in [2.24, 2.45) is 0 Å². The molecule has 0 radical (unpaired) electrons. The van der Waals surface area contributed by atoms with E-state index in [1.165, 1.54) is 11.4 Å². The summed E-state index contributed by atoms with van der Waals surface area (Å²) in [5.41, 5.74) is 0. The van der Waals surface area contributed by atoms with Gasteiger partial charge in [-0.05, 0) is 13.3 Å². The minimum atomic E-state index is -2.67. The van der Waals surface area contributed by atoms with Crippen molar-refractivity contribution in [2.45, 2.75) is 20.3 Å². The second-order valence-corrected chi connectivity index (χ2v) is 7.18. The molecule has 0 fully saturated rings. The van der Waals surface area contributed by atoms with Crippen LogP contribution < -0.4 is 5.09 Å². The van der Waals surface area contributed by atoms with Gasteiger partial charge in [0.25, 0.3) is 0 Å². The zero-order chi connectivity index (χ0) is 10.2. The predicted molar refractivity (Wildman–Crippen MR) is 60.7 cm³/mol. The molecule has 1 unspecified atom stereocenters. The fourth-order valence-corrected chi connectivity index (χ4v) is 4.68. The van der Waals surface area contributed by atoms with Gasteiger partial charge in [0.2, 0.25) is 0 Å². The summed E-state index contributed by atoms with van der Waals surface area (Å²) in [5, 5.41) is 2.85. The van der Waals surface area contributed by atoms with Gasteiger partial charge in [-0.3, -0.25) is 4.57 Å². The fourth-order valence-electron chi connectivity index (χ4n) is 0.689. The predicted octanol–water partition coefficient (Wildman–Crippen LogP) is 3.10. The van der Waals surface area contributed by atoms with Crippen LogP contribution in [0.25, 0.3) is 0 Å². The molecule has 6 heteroatoms. The molecular weight excluding hydrogens is 229 g/mol. The van der Waals surface area contributed by atoms with E-state index in [1.807, 2.05) is 13.8 Å². The van der Waals surface area contributed by atoms with E-state index < -0.39 is 6.72 Å². The summed E-state index contributed by atoms with van der Waals surface area (Å²) in [4.78, 5) is 0. The van der Waals surface area contributed by atoms with Crippen LogP contribution in [0.3, 0.4) is 0 Å². The third-order valence-electron chi connectivity index (χ3n) is 1.16. The Labute approximate surface area is 89.2 Å². The fraction of sp³-hybridized carbons (Fsp3) is 1.00. The average Bonchev–Trinajstić information content (AvgIpc) is 2.12. The molecule has 0 aromatic rings. The Hall–Kier alpha value is 0.790. The van der Waals surface area contributed by atoms with E-state index in [9.17, 15) is 4.57 Å². The molecule has 0 saturated heterocycles. The van der Waals surface area contributed by atoms with Crippen molar-refractivity contribution in [3.05, 3.63) is 0 Å². The van der Waals surface area contributed by atoms with Crippen molar-refractivity contribution >= 4 is 29.7 Å². The Morgan fingerprint density at radius 2 is 2.23 bits per heavy atom. The smallest absolute Gasteiger partial charge is 0.310 e. The summed E-state index contributed by atoms with van der Waals surface area (Å²) in [6.07, 6.45) is 0.990. The molecule has 3 nitrogen and oxygen atoms in total. The summed E-state index contributed by atoms with van der Waals surface area (Å²) in [6, 6.07) is 0. The quantitative estimate of drug-likeness (QED) is 0.527. The lowest BCUT2D eigenvalue weighted by molar-refractivity contribution is 0.339. The Kier molecular flexibility index (Phi) is 8.62. The molecule has 0 amide bonds. The molecule has 1 atom stereocenters. The second-order valence-electron chi connectivity index (χ2n) is 2.35. The molecule has 0 heterocycles. The standard InChI is InChI=1S/C7H17ClNO2PS/c1-3-7-13-12(10,11-4-2)9-6-5-8/h3-7H2,1-2H3,(H,9,10). The monoisotopic (exact) mass is 245 g/mol. The molecule has 0 aromatic heterocycles. The maximum atomic E-state index is 11.9. The summed E-state index contributed by atoms with van der Waals surface area (Å²) in [7, 11) is 0. The first-order valence-electron chi connectivity index (χ1n) is 4.38. The van der Waals surface area contributed by atoms with Crippen molar-refractivity contribution in [3.8, 4) is 0 Å². The first-order chi connectivity index (χ1) is 6.18. The van der Waals surface area contributed by atoms with Crippen LogP contribution in [0.15, 0.2) is 0 Å². The maximum absolute atomic E-state index is 11.9. The van der Waals surface area contributed by atoms with E-state index in [0.29, 0.717) is 19.0 Å². The van der Waals surface area contributed by atoms with Gasteiger partial charge in [-0.15, -0.1) is 11.6 Å². The van der Waals surface area contributed by atoms with E-state index in [0.717, 1.165) is 12.2 Å². The Morgan fingerprint density at radius 1 is 1.54 bits per heavy atom. The lowest BCUT2D eigenvalue weighted by Gasteiger charge is -2.16. The van der Waals surface area contributed by atoms with Crippen molar-refractivity contribution in [3.63, 3.8) is 0 Å². The summed E-state index contributed by atoms with van der Waals surface area (Å²) in [5.74, 6) is 1.29. The highest BCUT2D eigenvalue weighted by molar-refractivity contribution is 8.56. The highest BCUT2D eigenvalue weighted by atomic mass is 35.5. The molecule has 13 heavy (non-hydrogen) atoms. The van der Waals surface area contributed by atoms with Gasteiger partial charge in [-0.2, -0.15) is 0 Å². The number of rotatable bonds is 8. The Bertz CT molecular complexity index is 159. The van der Waals surface area contributed by atoms with Crippen LogP contribution in [0.5, 0.6) is 0 Å². The highest BCUT2D eigenvalue weighted by Crippen LogP contribution is 2.55. The van der Waals surface area contributed by atoms with Gasteiger partial charge in [0, 0.05) is 18.2 Å². The van der Waals surface area contributed by atoms with Gasteiger partial charge in [0.15, 0.2) is 0 Å². The van der Waals surface area contributed by atoms with Crippen LogP contribution in [-0.4, -0.2) is 24.8 Å². The number of halogens is 1. The van der Waals surface area contributed by atoms with Crippen molar-refractivity contribution < 1.29 is 9.09 Å². The normalized spacial score (nSPS) is 15.6. The van der Waals surface area contributed by atoms with Crippen molar-refractivity contribution in [1.82, 2.24) is 5.09 Å². The van der Waals surface area contributed by atoms with E-state index in [1.54, 1.807) is 0 Å². The van der Waals surface area contributed by atoms with Gasteiger partial charge < -0.3 is 4.52 Å². The lowest BCUT2D eigenvalue weighted by Crippen LogP contribution is -2.13. The van der Waals surface area contributed by atoms with Crippen LogP contribution in [0.1, 0.15) is 20.3 Å². The van der Waals surface area contributed by atoms with E-state index in [2.05, 4.69) is 5.09 Å².